The molecule has 0 spiro atoms. The Balaban J connectivity index is 2.20. The lowest BCUT2D eigenvalue weighted by Gasteiger charge is -2.13. The van der Waals surface area contributed by atoms with Crippen LogP contribution in [-0.2, 0) is 6.42 Å². The molecule has 0 bridgehead atoms. The highest BCUT2D eigenvalue weighted by Crippen LogP contribution is 2.27. The van der Waals surface area contributed by atoms with Crippen molar-refractivity contribution in [3.05, 3.63) is 53.9 Å². The highest BCUT2D eigenvalue weighted by atomic mass is 16.5. The molecule has 1 atom stereocenters. The van der Waals surface area contributed by atoms with E-state index in [4.69, 9.17) is 9.47 Å². The van der Waals surface area contributed by atoms with Gasteiger partial charge in [-0.3, -0.25) is 4.98 Å². The highest BCUT2D eigenvalue weighted by molar-refractivity contribution is 5.39. The number of aliphatic hydroxyl groups is 1. The van der Waals surface area contributed by atoms with E-state index in [1.54, 1.807) is 38.6 Å². The van der Waals surface area contributed by atoms with Crippen molar-refractivity contribution in [1.82, 2.24) is 4.98 Å². The maximum Gasteiger partial charge on any atom is 0.122 e. The first-order valence-electron chi connectivity index (χ1n) is 6.04. The summed E-state index contributed by atoms with van der Waals surface area (Å²) in [5.74, 6) is 1.32. The van der Waals surface area contributed by atoms with Gasteiger partial charge in [-0.05, 0) is 29.8 Å². The second-order valence-electron chi connectivity index (χ2n) is 4.19. The second-order valence-corrected chi connectivity index (χ2v) is 4.19. The number of rotatable bonds is 5. The Morgan fingerprint density at radius 1 is 1.11 bits per heavy atom. The Morgan fingerprint density at radius 3 is 2.32 bits per heavy atom. The Bertz CT molecular complexity index is 506. The second kappa shape index (κ2) is 6.20. The van der Waals surface area contributed by atoms with E-state index in [-0.39, 0.29) is 0 Å². The van der Waals surface area contributed by atoms with Crippen molar-refractivity contribution in [2.75, 3.05) is 14.2 Å². The summed E-state index contributed by atoms with van der Waals surface area (Å²) in [4.78, 5) is 4.21. The van der Waals surface area contributed by atoms with Crippen LogP contribution < -0.4 is 9.47 Å². The number of hydrogen-bond acceptors (Lipinski definition) is 4. The number of pyridine rings is 1. The van der Waals surface area contributed by atoms with E-state index < -0.39 is 6.10 Å². The first-order chi connectivity index (χ1) is 9.22. The monoisotopic (exact) mass is 259 g/mol. The molecule has 19 heavy (non-hydrogen) atoms. The number of nitrogens with zero attached hydrogens (tertiary/aromatic N) is 1. The maximum atomic E-state index is 10.3. The number of benzene rings is 1. The lowest BCUT2D eigenvalue weighted by Crippen LogP contribution is -2.04. The largest absolute Gasteiger partial charge is 0.497 e. The molecular formula is C15H17NO3. The van der Waals surface area contributed by atoms with Gasteiger partial charge >= 0.3 is 0 Å². The van der Waals surface area contributed by atoms with Crippen LogP contribution in [0.4, 0.5) is 0 Å². The minimum absolute atomic E-state index is 0.456. The first kappa shape index (κ1) is 13.4. The molecule has 2 rings (SSSR count). The smallest absolute Gasteiger partial charge is 0.122 e. The van der Waals surface area contributed by atoms with Crippen LogP contribution in [0.1, 0.15) is 17.4 Å². The molecule has 0 aliphatic carbocycles. The minimum atomic E-state index is -0.640. The lowest BCUT2D eigenvalue weighted by atomic mass is 10.0. The zero-order chi connectivity index (χ0) is 13.7. The van der Waals surface area contributed by atoms with Gasteiger partial charge in [0.1, 0.15) is 11.5 Å². The third-order valence-electron chi connectivity index (χ3n) is 2.89. The fraction of sp³-hybridized carbons (Fsp3) is 0.267. The summed E-state index contributed by atoms with van der Waals surface area (Å²) in [6.07, 6.45) is 1.53. The van der Waals surface area contributed by atoms with Crippen molar-refractivity contribution < 1.29 is 14.6 Å². The number of methoxy groups -OCH3 is 2. The predicted molar refractivity (Wildman–Crippen MR) is 72.4 cm³/mol. The quantitative estimate of drug-likeness (QED) is 0.895. The van der Waals surface area contributed by atoms with Crippen LogP contribution in [0.25, 0.3) is 0 Å². The van der Waals surface area contributed by atoms with Crippen molar-refractivity contribution in [2.24, 2.45) is 0 Å². The van der Waals surface area contributed by atoms with Crippen LogP contribution in [0, 0.1) is 0 Å². The summed E-state index contributed by atoms with van der Waals surface area (Å²) < 4.78 is 10.4. The van der Waals surface area contributed by atoms with E-state index in [1.165, 1.54) is 0 Å². The molecule has 0 aliphatic rings. The zero-order valence-electron chi connectivity index (χ0n) is 11.0. The number of aliphatic hydroxyl groups excluding tert-OH is 1. The van der Waals surface area contributed by atoms with Gasteiger partial charge in [0.25, 0.3) is 0 Å². The topological polar surface area (TPSA) is 51.6 Å². The minimum Gasteiger partial charge on any atom is -0.497 e. The summed E-state index contributed by atoms with van der Waals surface area (Å²) in [5.41, 5.74) is 1.60. The number of ether oxygens (including phenoxy) is 2. The van der Waals surface area contributed by atoms with Crippen LogP contribution >= 0.6 is 0 Å². The SMILES string of the molecule is COc1cc(OC)cc(C(O)Cc2ccccn2)c1. The Hall–Kier alpha value is -2.07. The Kier molecular flexibility index (Phi) is 4.36. The van der Waals surface area contributed by atoms with Gasteiger partial charge in [0, 0.05) is 24.4 Å². The van der Waals surface area contributed by atoms with Gasteiger partial charge in [-0.15, -0.1) is 0 Å². The molecule has 2 aromatic rings. The molecule has 1 unspecified atom stereocenters. The van der Waals surface area contributed by atoms with Crippen molar-refractivity contribution in [2.45, 2.75) is 12.5 Å². The van der Waals surface area contributed by atoms with Gasteiger partial charge in [0.2, 0.25) is 0 Å². The van der Waals surface area contributed by atoms with E-state index >= 15 is 0 Å². The lowest BCUT2D eigenvalue weighted by molar-refractivity contribution is 0.176. The average molecular weight is 259 g/mol. The normalized spacial score (nSPS) is 11.9. The fourth-order valence-electron chi connectivity index (χ4n) is 1.86. The van der Waals surface area contributed by atoms with Crippen molar-refractivity contribution >= 4 is 0 Å². The van der Waals surface area contributed by atoms with Crippen molar-refractivity contribution in [3.8, 4) is 11.5 Å². The first-order valence-corrected chi connectivity index (χ1v) is 6.04. The molecule has 0 radical (unpaired) electrons. The summed E-state index contributed by atoms with van der Waals surface area (Å²) in [7, 11) is 3.17. The van der Waals surface area contributed by atoms with Crippen molar-refractivity contribution in [3.63, 3.8) is 0 Å². The van der Waals surface area contributed by atoms with Crippen LogP contribution in [0.5, 0.6) is 11.5 Å². The molecule has 4 nitrogen and oxygen atoms in total. The molecule has 0 aliphatic heterocycles. The Morgan fingerprint density at radius 2 is 1.79 bits per heavy atom. The van der Waals surface area contributed by atoms with Gasteiger partial charge in [-0.25, -0.2) is 0 Å². The molecule has 4 heteroatoms. The molecule has 1 heterocycles. The van der Waals surface area contributed by atoms with Crippen molar-refractivity contribution in [1.29, 1.82) is 0 Å². The summed E-state index contributed by atoms with van der Waals surface area (Å²) >= 11 is 0. The molecule has 1 N–H and O–H groups in total. The van der Waals surface area contributed by atoms with Gasteiger partial charge in [-0.2, -0.15) is 0 Å². The zero-order valence-corrected chi connectivity index (χ0v) is 11.0. The van der Waals surface area contributed by atoms with E-state index in [2.05, 4.69) is 4.98 Å². The van der Waals surface area contributed by atoms with E-state index in [9.17, 15) is 5.11 Å². The van der Waals surface area contributed by atoms with Gasteiger partial charge in [0.05, 0.1) is 20.3 Å². The third-order valence-corrected chi connectivity index (χ3v) is 2.89. The summed E-state index contributed by atoms with van der Waals surface area (Å²) in [5, 5.41) is 10.3. The molecule has 0 saturated heterocycles. The fourth-order valence-corrected chi connectivity index (χ4v) is 1.86. The molecule has 1 aromatic heterocycles. The predicted octanol–water partition coefficient (Wildman–Crippen LogP) is 2.37. The number of hydrogen-bond donors (Lipinski definition) is 1. The van der Waals surface area contributed by atoms with Crippen LogP contribution in [0.15, 0.2) is 42.6 Å². The van der Waals surface area contributed by atoms with Gasteiger partial charge in [0.15, 0.2) is 0 Å². The third kappa shape index (κ3) is 3.45. The van der Waals surface area contributed by atoms with Crippen LogP contribution in [0.2, 0.25) is 0 Å². The molecule has 100 valence electrons. The average Bonchev–Trinajstić information content (AvgIpc) is 2.47. The summed E-state index contributed by atoms with van der Waals surface area (Å²) in [6, 6.07) is 11.0. The summed E-state index contributed by atoms with van der Waals surface area (Å²) in [6.45, 7) is 0. The highest BCUT2D eigenvalue weighted by Gasteiger charge is 2.12. The van der Waals surface area contributed by atoms with Crippen LogP contribution in [0.3, 0.4) is 0 Å². The van der Waals surface area contributed by atoms with E-state index in [1.807, 2.05) is 18.2 Å². The number of aromatic nitrogens is 1. The van der Waals surface area contributed by atoms with Gasteiger partial charge in [-0.1, -0.05) is 6.07 Å². The maximum absolute atomic E-state index is 10.3. The molecule has 0 amide bonds. The molecule has 0 saturated carbocycles. The Labute approximate surface area is 112 Å². The van der Waals surface area contributed by atoms with Crippen LogP contribution in [-0.4, -0.2) is 24.3 Å². The van der Waals surface area contributed by atoms with E-state index in [0.29, 0.717) is 17.9 Å². The molecule has 0 fully saturated rings. The van der Waals surface area contributed by atoms with Gasteiger partial charge < -0.3 is 14.6 Å². The standard InChI is InChI=1S/C15H17NO3/c1-18-13-7-11(8-14(10-13)19-2)15(17)9-12-5-3-4-6-16-12/h3-8,10,15,17H,9H2,1-2H3. The van der Waals surface area contributed by atoms with E-state index in [0.717, 1.165) is 11.3 Å². The molecular weight excluding hydrogens is 242 g/mol. The molecule has 1 aromatic carbocycles.